The number of carbonyl (C=O) groups excluding carboxylic acids is 1. The van der Waals surface area contributed by atoms with Gasteiger partial charge >= 0.3 is 27.2 Å². The molecule has 4 rings (SSSR count). The Morgan fingerprint density at radius 3 is 2.38 bits per heavy atom. The molecule has 0 aliphatic rings. The molecule has 0 radical (unpaired) electrons. The predicted molar refractivity (Wildman–Crippen MR) is 112 cm³/mol. The van der Waals surface area contributed by atoms with Crippen LogP contribution in [0.5, 0.6) is 5.75 Å². The molecule has 0 N–H and O–H groups in total. The molecule has 0 saturated carbocycles. The van der Waals surface area contributed by atoms with Crippen LogP contribution in [0.25, 0.3) is 10.1 Å². The Labute approximate surface area is 184 Å². The molecule has 3 aromatic carbocycles. The van der Waals surface area contributed by atoms with Gasteiger partial charge in [0.05, 0.1) is 0 Å². The number of benzene rings is 3. The van der Waals surface area contributed by atoms with Crippen LogP contribution in [-0.4, -0.2) is 12.6 Å². The molecule has 29 heavy (non-hydrogen) atoms. The van der Waals surface area contributed by atoms with Gasteiger partial charge in [0.25, 0.3) is 0 Å². The Hall–Kier alpha value is -2.38. The van der Waals surface area contributed by atoms with Crippen molar-refractivity contribution < 1.29 is 35.5 Å². The van der Waals surface area contributed by atoms with Crippen LogP contribution in [0, 0.1) is 7.14 Å². The molecule has 3 nitrogen and oxygen atoms in total. The smallest absolute Gasteiger partial charge is 0.357 e. The highest BCUT2D eigenvalue weighted by molar-refractivity contribution is 7.19. The van der Waals surface area contributed by atoms with Crippen molar-refractivity contribution in [2.75, 3.05) is 6.61 Å². The van der Waals surface area contributed by atoms with Crippen molar-refractivity contribution in [3.63, 3.8) is 0 Å². The molecular weight excluding hydrogens is 495 g/mol. The van der Waals surface area contributed by atoms with E-state index in [4.69, 9.17) is 9.47 Å². The quantitative estimate of drug-likeness (QED) is 0.281. The van der Waals surface area contributed by atoms with Crippen molar-refractivity contribution in [2.24, 2.45) is 0 Å². The van der Waals surface area contributed by atoms with Crippen molar-refractivity contribution >= 4 is 27.4 Å². The topological polar surface area (TPSA) is 35.5 Å². The van der Waals surface area contributed by atoms with Crippen LogP contribution in [-0.2, 0) is 9.53 Å². The average Bonchev–Trinajstić information content (AvgIpc) is 3.19. The van der Waals surface area contributed by atoms with Crippen LogP contribution in [0.15, 0.2) is 84.9 Å². The van der Waals surface area contributed by atoms with E-state index >= 15 is 0 Å². The zero-order valence-corrected chi connectivity index (χ0v) is 18.9. The van der Waals surface area contributed by atoms with Gasteiger partial charge in [0.1, 0.15) is 11.9 Å². The highest BCUT2D eigenvalue weighted by Crippen LogP contribution is 2.31. The van der Waals surface area contributed by atoms with Crippen LogP contribution in [0.1, 0.15) is 17.9 Å². The Kier molecular flexibility index (Phi) is 6.46. The fourth-order valence-electron chi connectivity index (χ4n) is 2.83. The number of esters is 1. The van der Waals surface area contributed by atoms with Crippen LogP contribution in [0.4, 0.5) is 0 Å². The summed E-state index contributed by atoms with van der Waals surface area (Å²) in [6.45, 7) is 1.80. The summed E-state index contributed by atoms with van der Waals surface area (Å²) in [5.74, 6) is 0.313. The van der Waals surface area contributed by atoms with Crippen LogP contribution in [0.2, 0.25) is 0 Å². The molecule has 5 heteroatoms. The number of hydrogen-bond donors (Lipinski definition) is 0. The van der Waals surface area contributed by atoms with Crippen molar-refractivity contribution in [3.8, 4) is 5.75 Å². The monoisotopic (exact) mass is 515 g/mol. The summed E-state index contributed by atoms with van der Waals surface area (Å²) in [5.41, 5.74) is 0. The minimum absolute atomic E-state index is 0.0949. The lowest BCUT2D eigenvalue weighted by Crippen LogP contribution is -3.61. The van der Waals surface area contributed by atoms with Gasteiger partial charge in [-0.25, -0.2) is 4.79 Å². The SMILES string of the molecule is CC(OC(=O)COc1ccc([I+]c2ccccc2)cc1)c1cc2ccccc2s1. The number of ether oxygens (including phenoxy) is 2. The van der Waals surface area contributed by atoms with E-state index in [9.17, 15) is 4.79 Å². The molecule has 1 atom stereocenters. The first kappa shape index (κ1) is 19.9. The molecule has 0 amide bonds. The minimum Gasteiger partial charge on any atom is -0.482 e. The number of halogens is 1. The first-order chi connectivity index (χ1) is 14.2. The fourth-order valence-corrected chi connectivity index (χ4v) is 6.09. The van der Waals surface area contributed by atoms with Crippen LogP contribution in [0.3, 0.4) is 0 Å². The molecule has 0 fully saturated rings. The molecular formula is C24H20IO3S+. The van der Waals surface area contributed by atoms with E-state index in [0.29, 0.717) is 5.75 Å². The zero-order valence-electron chi connectivity index (χ0n) is 15.9. The lowest BCUT2D eigenvalue weighted by atomic mass is 10.2. The average molecular weight is 515 g/mol. The maximum atomic E-state index is 12.2. The van der Waals surface area contributed by atoms with E-state index in [-0.39, 0.29) is 39.9 Å². The normalized spacial score (nSPS) is 11.9. The standard InChI is InChI=1S/C24H20IO3S/c1-17(23-15-18-7-5-6-10-22(18)29-23)28-24(26)16-27-21-13-11-20(12-14-21)25-19-8-3-2-4-9-19/h2-15,17H,16H2,1H3/q+1. The van der Waals surface area contributed by atoms with Crippen molar-refractivity contribution in [2.45, 2.75) is 13.0 Å². The van der Waals surface area contributed by atoms with E-state index in [1.165, 1.54) is 17.2 Å². The lowest BCUT2D eigenvalue weighted by Gasteiger charge is -2.12. The minimum atomic E-state index is -0.365. The van der Waals surface area contributed by atoms with E-state index < -0.39 is 0 Å². The second-order valence-electron chi connectivity index (χ2n) is 6.45. The van der Waals surface area contributed by atoms with Gasteiger partial charge in [-0.2, -0.15) is 0 Å². The summed E-state index contributed by atoms with van der Waals surface area (Å²) in [5, 5.41) is 1.17. The van der Waals surface area contributed by atoms with Crippen molar-refractivity contribution in [3.05, 3.63) is 96.9 Å². The summed E-state index contributed by atoms with van der Waals surface area (Å²) in [6, 6.07) is 28.7. The molecule has 0 bridgehead atoms. The second kappa shape index (κ2) is 9.41. The molecule has 0 saturated heterocycles. The fraction of sp³-hybridized carbons (Fsp3) is 0.125. The molecule has 4 aromatic rings. The third-order valence-corrected chi connectivity index (χ3v) is 8.24. The molecule has 1 aromatic heterocycles. The summed E-state index contributed by atoms with van der Waals surface area (Å²) in [6.07, 6.45) is -0.290. The number of hydrogen-bond acceptors (Lipinski definition) is 4. The number of rotatable bonds is 7. The van der Waals surface area contributed by atoms with E-state index in [1.807, 2.05) is 37.3 Å². The van der Waals surface area contributed by atoms with Crippen LogP contribution < -0.4 is 25.9 Å². The first-order valence-electron chi connectivity index (χ1n) is 9.28. The van der Waals surface area contributed by atoms with E-state index in [1.54, 1.807) is 11.3 Å². The molecule has 146 valence electrons. The van der Waals surface area contributed by atoms with Gasteiger partial charge in [-0.3, -0.25) is 0 Å². The Morgan fingerprint density at radius 2 is 1.62 bits per heavy atom. The third kappa shape index (κ3) is 5.36. The van der Waals surface area contributed by atoms with E-state index in [2.05, 4.69) is 54.6 Å². The zero-order chi connectivity index (χ0) is 20.1. The Bertz CT molecular complexity index is 1060. The second-order valence-corrected chi connectivity index (χ2v) is 10.6. The highest BCUT2D eigenvalue weighted by Gasteiger charge is 2.17. The number of thiophene rings is 1. The number of fused-ring (bicyclic) bond motifs is 1. The third-order valence-electron chi connectivity index (χ3n) is 4.28. The highest BCUT2D eigenvalue weighted by atomic mass is 127. The van der Waals surface area contributed by atoms with Gasteiger partial charge in [0, 0.05) is 9.58 Å². The van der Waals surface area contributed by atoms with Gasteiger partial charge < -0.3 is 9.47 Å². The Balaban J connectivity index is 1.28. The van der Waals surface area contributed by atoms with Crippen molar-refractivity contribution in [1.29, 1.82) is 0 Å². The summed E-state index contributed by atoms with van der Waals surface area (Å²) in [4.78, 5) is 13.2. The summed E-state index contributed by atoms with van der Waals surface area (Å²) >= 11 is 1.45. The van der Waals surface area contributed by atoms with E-state index in [0.717, 1.165) is 4.88 Å². The molecule has 1 heterocycles. The number of carbonyl (C=O) groups is 1. The molecule has 1 unspecified atom stereocenters. The van der Waals surface area contributed by atoms with Gasteiger partial charge in [-0.05, 0) is 60.8 Å². The Morgan fingerprint density at radius 1 is 0.931 bits per heavy atom. The maximum absolute atomic E-state index is 12.2. The first-order valence-corrected chi connectivity index (χ1v) is 12.3. The van der Waals surface area contributed by atoms with Crippen molar-refractivity contribution in [1.82, 2.24) is 0 Å². The molecule has 0 aliphatic heterocycles. The molecule has 0 aliphatic carbocycles. The largest absolute Gasteiger partial charge is 0.482 e. The predicted octanol–water partition coefficient (Wildman–Crippen LogP) is 2.71. The van der Waals surface area contributed by atoms with Gasteiger partial charge in [-0.1, -0.05) is 36.4 Å². The maximum Gasteiger partial charge on any atom is 0.357 e. The van der Waals surface area contributed by atoms with Gasteiger partial charge in [0.15, 0.2) is 13.7 Å². The molecule has 0 spiro atoms. The van der Waals surface area contributed by atoms with Gasteiger partial charge in [0.2, 0.25) is 0 Å². The summed E-state index contributed by atoms with van der Waals surface area (Å²) < 4.78 is 15.0. The van der Waals surface area contributed by atoms with Crippen LogP contribution >= 0.6 is 11.3 Å². The van der Waals surface area contributed by atoms with Gasteiger partial charge in [-0.15, -0.1) is 11.3 Å². The summed E-state index contributed by atoms with van der Waals surface area (Å²) in [7, 11) is 0. The lowest BCUT2D eigenvalue weighted by molar-refractivity contribution is -0.597.